The largest absolute Gasteiger partial charge is 0.321 e. The van der Waals surface area contributed by atoms with E-state index in [0.717, 1.165) is 0 Å². The fourth-order valence-corrected chi connectivity index (χ4v) is 4.37. The predicted octanol–water partition coefficient (Wildman–Crippen LogP) is 6.22. The van der Waals surface area contributed by atoms with Crippen molar-refractivity contribution in [2.24, 2.45) is 23.7 Å². The molecule has 0 heterocycles. The first kappa shape index (κ1) is 21.1. The molecule has 0 aliphatic rings. The molecule has 0 aliphatic carbocycles. The fourth-order valence-electron chi connectivity index (χ4n) is 2.08. The monoisotopic (exact) mass is 434 g/mol. The first-order valence-electron chi connectivity index (χ1n) is 7.17. The molecule has 0 radical (unpaired) electrons. The van der Waals surface area contributed by atoms with Crippen molar-refractivity contribution in [3.05, 3.63) is 0 Å². The van der Waals surface area contributed by atoms with Gasteiger partial charge in [-0.05, 0) is 23.7 Å². The SMILES string of the molecule is CC(C)C(Br)(O[PH](=O)OC(Br)(C(C)C)C(C)C)C(C)C. The molecule has 0 amide bonds. The summed E-state index contributed by atoms with van der Waals surface area (Å²) >= 11 is 7.21. The lowest BCUT2D eigenvalue weighted by atomic mass is 9.96. The standard InChI is InChI=1S/C14H29Br2O3P/c1-9(2)13(15,10(3)4)18-20(17)19-14(16,11(5)6)12(7)8/h9-12,20H,1-8H3. The van der Waals surface area contributed by atoms with E-state index >= 15 is 0 Å². The number of alkyl halides is 2. The van der Waals surface area contributed by atoms with E-state index in [1.54, 1.807) is 0 Å². The van der Waals surface area contributed by atoms with Crippen molar-refractivity contribution >= 4 is 40.1 Å². The van der Waals surface area contributed by atoms with Crippen molar-refractivity contribution in [1.82, 2.24) is 0 Å². The molecule has 0 bridgehead atoms. The van der Waals surface area contributed by atoms with Crippen LogP contribution < -0.4 is 0 Å². The lowest BCUT2D eigenvalue weighted by Gasteiger charge is -2.38. The Morgan fingerprint density at radius 1 is 0.700 bits per heavy atom. The minimum atomic E-state index is -2.63. The molecule has 122 valence electrons. The van der Waals surface area contributed by atoms with Gasteiger partial charge >= 0.3 is 8.25 Å². The molecule has 0 saturated carbocycles. The van der Waals surface area contributed by atoms with Crippen LogP contribution in [0, 0.1) is 23.7 Å². The van der Waals surface area contributed by atoms with E-state index in [1.165, 1.54) is 0 Å². The second-order valence-corrected chi connectivity index (χ2v) is 9.86. The molecule has 3 nitrogen and oxygen atoms in total. The van der Waals surface area contributed by atoms with E-state index in [4.69, 9.17) is 9.05 Å². The van der Waals surface area contributed by atoms with E-state index in [1.807, 2.05) is 55.4 Å². The van der Waals surface area contributed by atoms with E-state index < -0.39 is 17.3 Å². The number of hydrogen-bond donors (Lipinski definition) is 0. The maximum absolute atomic E-state index is 12.4. The molecule has 0 saturated heterocycles. The summed E-state index contributed by atoms with van der Waals surface area (Å²) < 4.78 is 22.6. The molecule has 0 aromatic heterocycles. The summed E-state index contributed by atoms with van der Waals surface area (Å²) in [6.45, 7) is 16.3. The van der Waals surface area contributed by atoms with E-state index in [2.05, 4.69) is 31.9 Å². The van der Waals surface area contributed by atoms with Crippen LogP contribution in [-0.4, -0.2) is 9.02 Å². The van der Waals surface area contributed by atoms with Crippen LogP contribution in [0.4, 0.5) is 0 Å². The molecule has 0 aromatic rings. The summed E-state index contributed by atoms with van der Waals surface area (Å²) in [4.78, 5) is 0. The molecule has 0 aromatic carbocycles. The third kappa shape index (κ3) is 5.08. The normalized spacial score (nSPS) is 14.3. The van der Waals surface area contributed by atoms with Crippen molar-refractivity contribution in [3.8, 4) is 0 Å². The third-order valence-corrected chi connectivity index (χ3v) is 9.22. The third-order valence-electron chi connectivity index (χ3n) is 3.63. The Balaban J connectivity index is 5.02. The summed E-state index contributed by atoms with van der Waals surface area (Å²) in [6.07, 6.45) is 0. The Morgan fingerprint density at radius 2 is 0.900 bits per heavy atom. The first-order chi connectivity index (χ1) is 8.87. The zero-order valence-electron chi connectivity index (χ0n) is 13.8. The molecule has 0 unspecified atom stereocenters. The van der Waals surface area contributed by atoms with Crippen LogP contribution in [-0.2, 0) is 13.6 Å². The van der Waals surface area contributed by atoms with Gasteiger partial charge in [0.2, 0.25) is 0 Å². The Bertz CT molecular complexity index is 284. The minimum absolute atomic E-state index is 0.183. The highest BCUT2D eigenvalue weighted by Crippen LogP contribution is 2.50. The molecule has 0 spiro atoms. The van der Waals surface area contributed by atoms with Gasteiger partial charge in [0.1, 0.15) is 9.02 Å². The number of halogens is 2. The molecule has 6 heteroatoms. The van der Waals surface area contributed by atoms with Gasteiger partial charge in [0.15, 0.2) is 0 Å². The Hall–Kier alpha value is 1.11. The second-order valence-electron chi connectivity index (χ2n) is 6.47. The highest BCUT2D eigenvalue weighted by Gasteiger charge is 2.42. The zero-order valence-corrected chi connectivity index (χ0v) is 18.0. The first-order valence-corrected chi connectivity index (χ1v) is 9.98. The highest BCUT2D eigenvalue weighted by atomic mass is 79.9. The summed E-state index contributed by atoms with van der Waals surface area (Å²) in [5.74, 6) is 0.733. The van der Waals surface area contributed by atoms with E-state index in [-0.39, 0.29) is 23.7 Å². The van der Waals surface area contributed by atoms with Crippen LogP contribution in [0.3, 0.4) is 0 Å². The van der Waals surface area contributed by atoms with Crippen molar-refractivity contribution in [2.45, 2.75) is 64.4 Å². The fraction of sp³-hybridized carbons (Fsp3) is 1.00. The maximum Gasteiger partial charge on any atom is 0.321 e. The molecule has 0 aliphatic heterocycles. The average molecular weight is 436 g/mol. The van der Waals surface area contributed by atoms with Gasteiger partial charge in [-0.25, -0.2) is 0 Å². The quantitative estimate of drug-likeness (QED) is 0.335. The molecule has 0 fully saturated rings. The van der Waals surface area contributed by atoms with Crippen LogP contribution in [0.25, 0.3) is 0 Å². The van der Waals surface area contributed by atoms with Crippen LogP contribution in [0.1, 0.15) is 55.4 Å². The Kier molecular flexibility index (Phi) is 8.55. The Morgan fingerprint density at radius 3 is 1.05 bits per heavy atom. The summed E-state index contributed by atoms with van der Waals surface area (Å²) in [5.41, 5.74) is 0. The second kappa shape index (κ2) is 8.10. The molecular weight excluding hydrogens is 407 g/mol. The predicted molar refractivity (Wildman–Crippen MR) is 93.8 cm³/mol. The van der Waals surface area contributed by atoms with Crippen LogP contribution >= 0.6 is 40.1 Å². The highest BCUT2D eigenvalue weighted by molar-refractivity contribution is 9.10. The molecular formula is C14H29Br2O3P. The molecule has 0 atom stereocenters. The lowest BCUT2D eigenvalue weighted by molar-refractivity contribution is 0.0219. The maximum atomic E-state index is 12.4. The summed E-state index contributed by atoms with van der Waals surface area (Å²) in [6, 6.07) is 0. The van der Waals surface area contributed by atoms with Gasteiger partial charge in [-0.3, -0.25) is 13.6 Å². The zero-order chi connectivity index (χ0) is 16.3. The summed E-state index contributed by atoms with van der Waals surface area (Å²) in [5, 5.41) is 0. The van der Waals surface area contributed by atoms with Crippen molar-refractivity contribution in [2.75, 3.05) is 0 Å². The summed E-state index contributed by atoms with van der Waals surface area (Å²) in [7, 11) is -2.63. The number of rotatable bonds is 8. The smallest absolute Gasteiger partial charge is 0.292 e. The van der Waals surface area contributed by atoms with Crippen LogP contribution in [0.2, 0.25) is 0 Å². The lowest BCUT2D eigenvalue weighted by Crippen LogP contribution is -2.38. The number of hydrogen-bond acceptors (Lipinski definition) is 3. The van der Waals surface area contributed by atoms with Gasteiger partial charge in [0.25, 0.3) is 0 Å². The average Bonchev–Trinajstić information content (AvgIpc) is 2.27. The van der Waals surface area contributed by atoms with Crippen molar-refractivity contribution in [1.29, 1.82) is 0 Å². The van der Waals surface area contributed by atoms with Gasteiger partial charge in [0, 0.05) is 0 Å². The van der Waals surface area contributed by atoms with Crippen molar-refractivity contribution in [3.63, 3.8) is 0 Å². The molecule has 0 rings (SSSR count). The minimum Gasteiger partial charge on any atom is -0.292 e. The van der Waals surface area contributed by atoms with Gasteiger partial charge < -0.3 is 0 Å². The van der Waals surface area contributed by atoms with Gasteiger partial charge in [-0.1, -0.05) is 87.2 Å². The Labute approximate surface area is 141 Å². The van der Waals surface area contributed by atoms with Gasteiger partial charge in [-0.2, -0.15) is 0 Å². The van der Waals surface area contributed by atoms with E-state index in [0.29, 0.717) is 0 Å². The van der Waals surface area contributed by atoms with Gasteiger partial charge in [0.05, 0.1) is 0 Å². The molecule has 20 heavy (non-hydrogen) atoms. The van der Waals surface area contributed by atoms with Crippen LogP contribution in [0.15, 0.2) is 0 Å². The molecule has 0 N–H and O–H groups in total. The van der Waals surface area contributed by atoms with Crippen LogP contribution in [0.5, 0.6) is 0 Å². The topological polar surface area (TPSA) is 35.5 Å². The van der Waals surface area contributed by atoms with Crippen molar-refractivity contribution < 1.29 is 13.6 Å². The van der Waals surface area contributed by atoms with E-state index in [9.17, 15) is 4.57 Å². The van der Waals surface area contributed by atoms with Gasteiger partial charge in [-0.15, -0.1) is 0 Å².